The van der Waals surface area contributed by atoms with Gasteiger partial charge in [-0.15, -0.1) is 0 Å². The van der Waals surface area contributed by atoms with Crippen molar-refractivity contribution < 1.29 is 39.5 Å². The van der Waals surface area contributed by atoms with Crippen molar-refractivity contribution >= 4 is 12.3 Å². The van der Waals surface area contributed by atoms with Crippen molar-refractivity contribution in [1.29, 1.82) is 0 Å². The Morgan fingerprint density at radius 2 is 1.52 bits per heavy atom. The molecular weight excluding hydrogens is 332 g/mol. The number of benzene rings is 2. The van der Waals surface area contributed by atoms with Crippen LogP contribution in [0.1, 0.15) is 22.0 Å². The number of methoxy groups -OCH3 is 2. The Morgan fingerprint density at radius 1 is 1.00 bits per heavy atom. The Kier molecular flexibility index (Phi) is 7.23. The lowest BCUT2D eigenvalue weighted by molar-refractivity contribution is -0.147. The number of hydrogen-bond donors (Lipinski definition) is 4. The third kappa shape index (κ3) is 4.85. The van der Waals surface area contributed by atoms with Crippen LogP contribution in [0.2, 0.25) is 0 Å². The van der Waals surface area contributed by atoms with Crippen LogP contribution >= 0.6 is 0 Å². The van der Waals surface area contributed by atoms with E-state index >= 15 is 0 Å². The van der Waals surface area contributed by atoms with Gasteiger partial charge < -0.3 is 29.9 Å². The lowest BCUT2D eigenvalue weighted by atomic mass is 10.1. The van der Waals surface area contributed by atoms with Gasteiger partial charge in [-0.1, -0.05) is 18.2 Å². The molecule has 0 amide bonds. The number of para-hydroxylation sites is 2. The molecule has 0 radical (unpaired) electrons. The van der Waals surface area contributed by atoms with Crippen molar-refractivity contribution in [2.45, 2.75) is 6.10 Å². The molecule has 8 nitrogen and oxygen atoms in total. The van der Waals surface area contributed by atoms with Gasteiger partial charge in [0, 0.05) is 5.56 Å². The van der Waals surface area contributed by atoms with Crippen LogP contribution in [-0.2, 0) is 4.79 Å². The van der Waals surface area contributed by atoms with Gasteiger partial charge in [-0.05, 0) is 18.2 Å². The molecule has 2 aromatic rings. The van der Waals surface area contributed by atoms with Crippen LogP contribution in [0.5, 0.6) is 23.0 Å². The topological polar surface area (TPSA) is 134 Å². The quantitative estimate of drug-likeness (QED) is 0.599. The summed E-state index contributed by atoms with van der Waals surface area (Å²) in [4.78, 5) is 20.7. The standard InChI is InChI=1S/C9H10O5.C8H8O3/c1-14-6-4-2-3-5(7(6)10)8(11)9(12)13;1-11-7-4-2-3-6(5-9)8(7)10/h2-4,8,10-11H,1H3,(H,12,13);2-5,10H,1H3. The number of aromatic hydroxyl groups is 2. The molecule has 0 aliphatic rings. The molecule has 0 saturated carbocycles. The van der Waals surface area contributed by atoms with Crippen LogP contribution in [0.15, 0.2) is 36.4 Å². The normalized spacial score (nSPS) is 10.8. The summed E-state index contributed by atoms with van der Waals surface area (Å²) in [7, 11) is 2.77. The molecule has 4 N–H and O–H groups in total. The molecule has 134 valence electrons. The number of aliphatic hydroxyl groups excluding tert-OH is 1. The molecular formula is C17H18O8. The monoisotopic (exact) mass is 350 g/mol. The van der Waals surface area contributed by atoms with Crippen LogP contribution in [0.3, 0.4) is 0 Å². The van der Waals surface area contributed by atoms with Gasteiger partial charge in [0.2, 0.25) is 0 Å². The van der Waals surface area contributed by atoms with E-state index in [-0.39, 0.29) is 28.4 Å². The van der Waals surface area contributed by atoms with E-state index in [0.717, 1.165) is 0 Å². The highest BCUT2D eigenvalue weighted by atomic mass is 16.5. The molecule has 0 aliphatic carbocycles. The molecule has 0 heterocycles. The SMILES string of the molecule is COc1cccc(C(O)C(=O)O)c1O.COc1cccc(C=O)c1O. The van der Waals surface area contributed by atoms with Gasteiger partial charge >= 0.3 is 5.97 Å². The number of phenols is 2. The predicted molar refractivity (Wildman–Crippen MR) is 87.3 cm³/mol. The summed E-state index contributed by atoms with van der Waals surface area (Å²) < 4.78 is 9.54. The Morgan fingerprint density at radius 3 is 2.00 bits per heavy atom. The van der Waals surface area contributed by atoms with Crippen LogP contribution in [0.25, 0.3) is 0 Å². The first-order valence-electron chi connectivity index (χ1n) is 6.95. The fourth-order valence-electron chi connectivity index (χ4n) is 1.86. The number of carboxylic acids is 1. The van der Waals surface area contributed by atoms with Gasteiger partial charge in [0.25, 0.3) is 0 Å². The zero-order valence-corrected chi connectivity index (χ0v) is 13.5. The maximum absolute atomic E-state index is 10.4. The molecule has 25 heavy (non-hydrogen) atoms. The maximum atomic E-state index is 10.4. The molecule has 1 atom stereocenters. The Hall–Kier alpha value is -3.26. The summed E-state index contributed by atoms with van der Waals surface area (Å²) in [5.41, 5.74) is 0.154. The summed E-state index contributed by atoms with van der Waals surface area (Å²) in [5.74, 6) is -1.44. The number of rotatable bonds is 5. The fourth-order valence-corrected chi connectivity index (χ4v) is 1.86. The Labute approximate surface area is 143 Å². The molecule has 8 heteroatoms. The van der Waals surface area contributed by atoms with E-state index in [2.05, 4.69) is 0 Å². The number of carbonyl (C=O) groups is 2. The smallest absolute Gasteiger partial charge is 0.337 e. The van der Waals surface area contributed by atoms with Crippen LogP contribution in [0, 0.1) is 0 Å². The van der Waals surface area contributed by atoms with Crippen molar-refractivity contribution in [1.82, 2.24) is 0 Å². The average molecular weight is 350 g/mol. The molecule has 1 unspecified atom stereocenters. The predicted octanol–water partition coefficient (Wildman–Crippen LogP) is 1.73. The highest BCUT2D eigenvalue weighted by molar-refractivity contribution is 5.80. The lowest BCUT2D eigenvalue weighted by Gasteiger charge is -2.10. The van der Waals surface area contributed by atoms with E-state index in [0.29, 0.717) is 12.0 Å². The summed E-state index contributed by atoms with van der Waals surface area (Å²) in [6.07, 6.45) is -1.16. The van der Waals surface area contributed by atoms with Crippen LogP contribution in [0.4, 0.5) is 0 Å². The molecule has 0 fully saturated rings. The highest BCUT2D eigenvalue weighted by Crippen LogP contribution is 2.33. The first kappa shape index (κ1) is 19.8. The minimum atomic E-state index is -1.75. The number of carboxylic acid groups (broad SMARTS) is 1. The number of phenolic OH excluding ortho intramolecular Hbond substituents is 2. The number of aliphatic carboxylic acids is 1. The summed E-state index contributed by atoms with van der Waals surface area (Å²) >= 11 is 0. The minimum Gasteiger partial charge on any atom is -0.504 e. The lowest BCUT2D eigenvalue weighted by Crippen LogP contribution is -2.10. The summed E-state index contributed by atoms with van der Waals surface area (Å²) in [5, 5.41) is 36.4. The third-order valence-corrected chi connectivity index (χ3v) is 3.16. The second kappa shape index (κ2) is 9.14. The van der Waals surface area contributed by atoms with E-state index in [1.807, 2.05) is 0 Å². The molecule has 0 spiro atoms. The van der Waals surface area contributed by atoms with Gasteiger partial charge in [-0.25, -0.2) is 4.79 Å². The Balaban J connectivity index is 0.000000257. The average Bonchev–Trinajstić information content (AvgIpc) is 2.62. The third-order valence-electron chi connectivity index (χ3n) is 3.16. The molecule has 0 bridgehead atoms. The zero-order chi connectivity index (χ0) is 19.0. The van der Waals surface area contributed by atoms with Gasteiger partial charge in [0.05, 0.1) is 19.8 Å². The molecule has 0 saturated heterocycles. The zero-order valence-electron chi connectivity index (χ0n) is 13.5. The van der Waals surface area contributed by atoms with Crippen molar-refractivity contribution in [3.05, 3.63) is 47.5 Å². The van der Waals surface area contributed by atoms with Crippen molar-refractivity contribution in [2.75, 3.05) is 14.2 Å². The summed E-state index contributed by atoms with van der Waals surface area (Å²) in [6, 6.07) is 9.01. The number of aldehydes is 1. The molecule has 0 aromatic heterocycles. The number of carbonyl (C=O) groups excluding carboxylic acids is 1. The highest BCUT2D eigenvalue weighted by Gasteiger charge is 2.21. The largest absolute Gasteiger partial charge is 0.504 e. The number of hydrogen-bond acceptors (Lipinski definition) is 7. The van der Waals surface area contributed by atoms with Crippen LogP contribution in [-0.4, -0.2) is 46.9 Å². The number of ether oxygens (including phenoxy) is 2. The molecule has 2 aromatic carbocycles. The first-order valence-corrected chi connectivity index (χ1v) is 6.95. The van der Waals surface area contributed by atoms with Gasteiger partial charge in [0.1, 0.15) is 0 Å². The van der Waals surface area contributed by atoms with Gasteiger partial charge in [-0.2, -0.15) is 0 Å². The van der Waals surface area contributed by atoms with E-state index in [1.54, 1.807) is 12.1 Å². The fraction of sp³-hybridized carbons (Fsp3) is 0.176. The Bertz CT molecular complexity index is 741. The molecule has 0 aliphatic heterocycles. The van der Waals surface area contributed by atoms with E-state index in [1.165, 1.54) is 38.5 Å². The second-order valence-corrected chi connectivity index (χ2v) is 4.65. The van der Waals surface area contributed by atoms with Crippen molar-refractivity contribution in [3.63, 3.8) is 0 Å². The van der Waals surface area contributed by atoms with Gasteiger partial charge in [0.15, 0.2) is 35.4 Å². The van der Waals surface area contributed by atoms with Crippen molar-refractivity contribution in [2.24, 2.45) is 0 Å². The first-order chi connectivity index (χ1) is 11.9. The summed E-state index contributed by atoms with van der Waals surface area (Å²) in [6.45, 7) is 0. The van der Waals surface area contributed by atoms with Crippen LogP contribution < -0.4 is 9.47 Å². The van der Waals surface area contributed by atoms with Crippen molar-refractivity contribution in [3.8, 4) is 23.0 Å². The van der Waals surface area contributed by atoms with E-state index in [4.69, 9.17) is 14.6 Å². The maximum Gasteiger partial charge on any atom is 0.337 e. The minimum absolute atomic E-state index is 0.0862. The number of aliphatic hydroxyl groups is 1. The van der Waals surface area contributed by atoms with E-state index in [9.17, 15) is 24.9 Å². The van der Waals surface area contributed by atoms with E-state index < -0.39 is 12.1 Å². The molecule has 2 rings (SSSR count). The van der Waals surface area contributed by atoms with Gasteiger partial charge in [-0.3, -0.25) is 4.79 Å². The second-order valence-electron chi connectivity index (χ2n) is 4.65.